The van der Waals surface area contributed by atoms with Crippen LogP contribution in [-0.4, -0.2) is 36.4 Å². The third-order valence-corrected chi connectivity index (χ3v) is 6.00. The number of nitrogens with zero attached hydrogens (tertiary/aromatic N) is 5. The van der Waals surface area contributed by atoms with Crippen LogP contribution in [-0.2, 0) is 11.8 Å². The standard InChI is InChI=1S/C29H39F3N8O/c1-7-10-22(14-25(11-8-2)40(34)18-27(33)26-16-36-38(6)21(26)5)28(41)37-23(12-13-29(30,31)32)15-24(9-3)39-17-20(4)35-19-39/h9-10,12,14-19H,3,7-8,11,13,33-34H2,1-2,4-6H3,(H,37,41)/b22-10+,23-12+,24-15+,25-14+,27-18-. The van der Waals surface area contributed by atoms with Gasteiger partial charge in [0.25, 0.3) is 5.91 Å². The predicted octanol–water partition coefficient (Wildman–Crippen LogP) is 5.37. The summed E-state index contributed by atoms with van der Waals surface area (Å²) in [5, 5.41) is 8.16. The van der Waals surface area contributed by atoms with Gasteiger partial charge in [-0.3, -0.25) is 14.5 Å². The number of hydrogen-bond donors (Lipinski definition) is 3. The van der Waals surface area contributed by atoms with Crippen molar-refractivity contribution in [1.82, 2.24) is 29.7 Å². The minimum Gasteiger partial charge on any atom is -0.397 e. The molecule has 0 aliphatic heterocycles. The highest BCUT2D eigenvalue weighted by Gasteiger charge is 2.25. The van der Waals surface area contributed by atoms with Crippen LogP contribution in [0.1, 0.15) is 56.5 Å². The molecule has 0 aromatic carbocycles. The molecule has 9 nitrogen and oxygen atoms in total. The average molecular weight is 573 g/mol. The van der Waals surface area contributed by atoms with E-state index in [1.807, 2.05) is 20.8 Å². The summed E-state index contributed by atoms with van der Waals surface area (Å²) in [6.45, 7) is 11.2. The lowest BCUT2D eigenvalue weighted by Gasteiger charge is -2.20. The van der Waals surface area contributed by atoms with Crippen LogP contribution in [0, 0.1) is 13.8 Å². The van der Waals surface area contributed by atoms with E-state index in [-0.39, 0.29) is 11.3 Å². The fourth-order valence-electron chi connectivity index (χ4n) is 3.77. The maximum atomic E-state index is 13.4. The number of amides is 1. The molecule has 2 heterocycles. The number of nitrogens with one attached hydrogen (secondary N) is 1. The molecule has 12 heteroatoms. The lowest BCUT2D eigenvalue weighted by atomic mass is 10.1. The molecular formula is C29H39F3N8O. The minimum absolute atomic E-state index is 0.0400. The summed E-state index contributed by atoms with van der Waals surface area (Å²) in [5.41, 5.74) is 10.2. The predicted molar refractivity (Wildman–Crippen MR) is 156 cm³/mol. The molecule has 0 unspecified atom stereocenters. The first kappa shape index (κ1) is 32.9. The monoisotopic (exact) mass is 572 g/mol. The molecule has 0 bridgehead atoms. The van der Waals surface area contributed by atoms with Gasteiger partial charge in [-0.05, 0) is 44.9 Å². The molecule has 0 aliphatic rings. The number of aryl methyl sites for hydroxylation is 2. The zero-order chi connectivity index (χ0) is 30.7. The molecule has 0 fully saturated rings. The molecular weight excluding hydrogens is 533 g/mol. The first-order valence-corrected chi connectivity index (χ1v) is 13.1. The smallest absolute Gasteiger partial charge is 0.392 e. The molecule has 2 aromatic heterocycles. The van der Waals surface area contributed by atoms with Gasteiger partial charge >= 0.3 is 6.18 Å². The van der Waals surface area contributed by atoms with Crippen LogP contribution < -0.4 is 16.9 Å². The van der Waals surface area contributed by atoms with E-state index in [1.54, 1.807) is 54.0 Å². The Labute approximate surface area is 239 Å². The van der Waals surface area contributed by atoms with Crippen molar-refractivity contribution in [2.75, 3.05) is 0 Å². The van der Waals surface area contributed by atoms with Crippen molar-refractivity contribution in [2.24, 2.45) is 18.6 Å². The molecule has 2 aromatic rings. The Bertz CT molecular complexity index is 1370. The van der Waals surface area contributed by atoms with Gasteiger partial charge in [-0.15, -0.1) is 0 Å². The van der Waals surface area contributed by atoms with Gasteiger partial charge in [0.1, 0.15) is 0 Å². The second kappa shape index (κ2) is 14.9. The summed E-state index contributed by atoms with van der Waals surface area (Å²) < 4.78 is 42.6. The molecule has 5 N–H and O–H groups in total. The Morgan fingerprint density at radius 3 is 2.44 bits per heavy atom. The second-order valence-corrected chi connectivity index (χ2v) is 9.34. The molecule has 0 saturated carbocycles. The van der Waals surface area contributed by atoms with Crippen molar-refractivity contribution in [3.05, 3.63) is 95.8 Å². The van der Waals surface area contributed by atoms with Crippen molar-refractivity contribution in [2.45, 2.75) is 59.6 Å². The molecule has 0 atom stereocenters. The quantitative estimate of drug-likeness (QED) is 0.129. The topological polar surface area (TPSA) is 120 Å². The summed E-state index contributed by atoms with van der Waals surface area (Å²) >= 11 is 0. The van der Waals surface area contributed by atoms with Crippen molar-refractivity contribution >= 4 is 17.3 Å². The van der Waals surface area contributed by atoms with Crippen LogP contribution in [0.3, 0.4) is 0 Å². The maximum absolute atomic E-state index is 13.4. The van der Waals surface area contributed by atoms with Crippen LogP contribution in [0.25, 0.3) is 11.4 Å². The van der Waals surface area contributed by atoms with Crippen molar-refractivity contribution in [1.29, 1.82) is 0 Å². The molecule has 41 heavy (non-hydrogen) atoms. The highest BCUT2D eigenvalue weighted by molar-refractivity contribution is 5.97. The average Bonchev–Trinajstić information content (AvgIpc) is 3.48. The van der Waals surface area contributed by atoms with Gasteiger partial charge in [0, 0.05) is 53.4 Å². The van der Waals surface area contributed by atoms with Crippen molar-refractivity contribution in [3.8, 4) is 0 Å². The van der Waals surface area contributed by atoms with E-state index in [4.69, 9.17) is 11.6 Å². The van der Waals surface area contributed by atoms with Crippen LogP contribution in [0.4, 0.5) is 13.2 Å². The SMILES string of the molecule is C=C/C(=C\C(=C/CC(F)(F)F)NC(=O)C(=C/CC)/C=C(\CCC)N(N)/C=C(\N)c1cnn(C)c1C)n1cnc(C)c1. The maximum Gasteiger partial charge on any atom is 0.392 e. The molecule has 0 aliphatic carbocycles. The number of carbonyl (C=O) groups is 1. The lowest BCUT2D eigenvalue weighted by Crippen LogP contribution is -2.28. The summed E-state index contributed by atoms with van der Waals surface area (Å²) in [5.74, 6) is 5.75. The Balaban J connectivity index is 2.45. The summed E-state index contributed by atoms with van der Waals surface area (Å²) in [6, 6.07) is 0. The van der Waals surface area contributed by atoms with E-state index in [2.05, 4.69) is 22.0 Å². The van der Waals surface area contributed by atoms with Gasteiger partial charge in [-0.1, -0.05) is 39.0 Å². The van der Waals surface area contributed by atoms with E-state index in [0.29, 0.717) is 42.0 Å². The largest absolute Gasteiger partial charge is 0.397 e. The van der Waals surface area contributed by atoms with Gasteiger partial charge in [-0.25, -0.2) is 10.8 Å². The number of imidazole rings is 1. The minimum atomic E-state index is -4.46. The Hall–Kier alpha value is -4.32. The van der Waals surface area contributed by atoms with E-state index in [0.717, 1.165) is 17.3 Å². The molecule has 0 spiro atoms. The van der Waals surface area contributed by atoms with E-state index < -0.39 is 18.5 Å². The Morgan fingerprint density at radius 2 is 1.93 bits per heavy atom. The number of halogens is 3. The lowest BCUT2D eigenvalue weighted by molar-refractivity contribution is -0.125. The van der Waals surface area contributed by atoms with E-state index >= 15 is 0 Å². The van der Waals surface area contributed by atoms with Crippen molar-refractivity contribution < 1.29 is 18.0 Å². The zero-order valence-electron chi connectivity index (χ0n) is 24.2. The van der Waals surface area contributed by atoms with E-state index in [9.17, 15) is 18.0 Å². The first-order valence-electron chi connectivity index (χ1n) is 13.1. The number of aromatic nitrogens is 4. The number of alkyl halides is 3. The molecule has 222 valence electrons. The number of hydrogen-bond acceptors (Lipinski definition) is 6. The molecule has 2 rings (SSSR count). The fraction of sp³-hybridized carbons (Fsp3) is 0.345. The number of rotatable bonds is 13. The summed E-state index contributed by atoms with van der Waals surface area (Å²) in [6.07, 6.45) is 9.51. The second-order valence-electron chi connectivity index (χ2n) is 9.34. The third kappa shape index (κ3) is 9.98. The highest BCUT2D eigenvalue weighted by Crippen LogP contribution is 2.22. The highest BCUT2D eigenvalue weighted by atomic mass is 19.4. The summed E-state index contributed by atoms with van der Waals surface area (Å²) in [4.78, 5) is 17.5. The van der Waals surface area contributed by atoms with Crippen molar-refractivity contribution in [3.63, 3.8) is 0 Å². The van der Waals surface area contributed by atoms with Gasteiger partial charge < -0.3 is 15.6 Å². The first-order chi connectivity index (χ1) is 19.3. The zero-order valence-corrected chi connectivity index (χ0v) is 24.2. The number of carbonyl (C=O) groups excluding carboxylic acids is 1. The van der Waals surface area contributed by atoms with Gasteiger partial charge in [0.05, 0.1) is 30.3 Å². The Kier molecular flexibility index (Phi) is 11.9. The van der Waals surface area contributed by atoms with E-state index in [1.165, 1.54) is 23.5 Å². The fourth-order valence-corrected chi connectivity index (χ4v) is 3.77. The Morgan fingerprint density at radius 1 is 1.22 bits per heavy atom. The number of nitrogens with two attached hydrogens (primary N) is 2. The van der Waals surface area contributed by atoms with Crippen LogP contribution in [0.2, 0.25) is 0 Å². The molecule has 1 amide bonds. The molecule has 0 radical (unpaired) electrons. The van der Waals surface area contributed by atoms with Gasteiger partial charge in [0.2, 0.25) is 0 Å². The third-order valence-electron chi connectivity index (χ3n) is 6.00. The summed E-state index contributed by atoms with van der Waals surface area (Å²) in [7, 11) is 1.80. The van der Waals surface area contributed by atoms with Crippen LogP contribution in [0.5, 0.6) is 0 Å². The molecule has 0 saturated heterocycles. The number of allylic oxidation sites excluding steroid dienone is 6. The van der Waals surface area contributed by atoms with Gasteiger partial charge in [0.15, 0.2) is 0 Å². The van der Waals surface area contributed by atoms with Crippen LogP contribution in [0.15, 0.2) is 78.8 Å². The van der Waals surface area contributed by atoms with Gasteiger partial charge in [-0.2, -0.15) is 18.3 Å². The normalized spacial score (nSPS) is 13.9. The number of hydrazine groups is 1. The van der Waals surface area contributed by atoms with Crippen LogP contribution >= 0.6 is 0 Å².